The van der Waals surface area contributed by atoms with Gasteiger partial charge in [-0.3, -0.25) is 0 Å². The third kappa shape index (κ3) is 2.07. The van der Waals surface area contributed by atoms with Crippen LogP contribution in [0.25, 0.3) is 0 Å². The van der Waals surface area contributed by atoms with Crippen molar-refractivity contribution in [3.63, 3.8) is 0 Å². The molecule has 1 aliphatic heterocycles. The van der Waals surface area contributed by atoms with Crippen molar-refractivity contribution >= 4 is 22.2 Å². The fourth-order valence-corrected chi connectivity index (χ4v) is 2.33. The second kappa shape index (κ2) is 4.87. The molecule has 1 heterocycles. The van der Waals surface area contributed by atoms with Crippen molar-refractivity contribution in [2.75, 3.05) is 13.2 Å². The summed E-state index contributed by atoms with van der Waals surface area (Å²) in [5.74, 6) is 1.54. The molecule has 0 saturated carbocycles. The summed E-state index contributed by atoms with van der Waals surface area (Å²) in [7, 11) is 0. The van der Waals surface area contributed by atoms with Crippen LogP contribution < -0.4 is 9.47 Å². The molecule has 2 rings (SSSR count). The molecular weight excluding hydrogens is 272 g/mol. The molecule has 0 radical (unpaired) electrons. The molecule has 1 aromatic rings. The van der Waals surface area contributed by atoms with Gasteiger partial charge in [0.05, 0.1) is 4.47 Å². The Morgan fingerprint density at radius 3 is 2.94 bits per heavy atom. The monoisotopic (exact) mass is 284 g/mol. The molecule has 0 bridgehead atoms. The molecular formula is C12H13BrO3. The number of hydrogen-bond acceptors (Lipinski definition) is 3. The van der Waals surface area contributed by atoms with Crippen LogP contribution in [0.4, 0.5) is 0 Å². The van der Waals surface area contributed by atoms with Crippen LogP contribution in [0.2, 0.25) is 0 Å². The molecule has 0 aliphatic carbocycles. The van der Waals surface area contributed by atoms with Crippen LogP contribution in [0.3, 0.4) is 0 Å². The molecule has 0 amide bonds. The normalized spacial score (nSPS) is 13.6. The molecule has 0 unspecified atom stereocenters. The zero-order valence-electron chi connectivity index (χ0n) is 9.09. The Morgan fingerprint density at radius 1 is 1.44 bits per heavy atom. The molecule has 0 spiro atoms. The van der Waals surface area contributed by atoms with Crippen LogP contribution in [0, 0.1) is 6.92 Å². The van der Waals surface area contributed by atoms with E-state index in [1.807, 2.05) is 13.0 Å². The van der Waals surface area contributed by atoms with E-state index in [4.69, 9.17) is 9.47 Å². The van der Waals surface area contributed by atoms with Gasteiger partial charge >= 0.3 is 0 Å². The summed E-state index contributed by atoms with van der Waals surface area (Å²) in [6.07, 6.45) is 2.21. The first-order chi connectivity index (χ1) is 7.74. The van der Waals surface area contributed by atoms with Gasteiger partial charge in [0.1, 0.15) is 19.5 Å². The first-order valence-corrected chi connectivity index (χ1v) is 6.04. The number of benzene rings is 1. The van der Waals surface area contributed by atoms with Gasteiger partial charge in [0.15, 0.2) is 11.5 Å². The molecule has 16 heavy (non-hydrogen) atoms. The first-order valence-electron chi connectivity index (χ1n) is 5.25. The largest absolute Gasteiger partial charge is 0.486 e. The van der Waals surface area contributed by atoms with Crippen molar-refractivity contribution in [2.45, 2.75) is 19.8 Å². The molecule has 0 fully saturated rings. The lowest BCUT2D eigenvalue weighted by molar-refractivity contribution is -0.107. The minimum atomic E-state index is 0.535. The highest BCUT2D eigenvalue weighted by molar-refractivity contribution is 9.10. The van der Waals surface area contributed by atoms with E-state index in [1.54, 1.807) is 0 Å². The summed E-state index contributed by atoms with van der Waals surface area (Å²) in [6, 6.07) is 1.97. The summed E-state index contributed by atoms with van der Waals surface area (Å²) in [5.41, 5.74) is 2.24. The second-order valence-corrected chi connectivity index (χ2v) is 4.50. The minimum Gasteiger partial charge on any atom is -0.486 e. The predicted octanol–water partition coefficient (Wildman–Crippen LogP) is 2.66. The van der Waals surface area contributed by atoms with Gasteiger partial charge in [0, 0.05) is 6.42 Å². The van der Waals surface area contributed by atoms with E-state index >= 15 is 0 Å². The number of rotatable bonds is 3. The van der Waals surface area contributed by atoms with Crippen LogP contribution in [-0.4, -0.2) is 19.5 Å². The predicted molar refractivity (Wildman–Crippen MR) is 64.3 cm³/mol. The van der Waals surface area contributed by atoms with E-state index in [2.05, 4.69) is 15.9 Å². The van der Waals surface area contributed by atoms with Crippen molar-refractivity contribution < 1.29 is 14.3 Å². The van der Waals surface area contributed by atoms with Crippen molar-refractivity contribution in [2.24, 2.45) is 0 Å². The zero-order valence-corrected chi connectivity index (χ0v) is 10.7. The maximum Gasteiger partial charge on any atom is 0.175 e. The van der Waals surface area contributed by atoms with E-state index in [0.717, 1.165) is 39.8 Å². The van der Waals surface area contributed by atoms with Gasteiger partial charge in [0.2, 0.25) is 0 Å². The molecule has 1 aromatic carbocycles. The number of carbonyl (C=O) groups is 1. The van der Waals surface area contributed by atoms with Gasteiger partial charge in [0.25, 0.3) is 0 Å². The highest BCUT2D eigenvalue weighted by Gasteiger charge is 2.19. The molecule has 4 heteroatoms. The van der Waals surface area contributed by atoms with Crippen molar-refractivity contribution in [1.29, 1.82) is 0 Å². The van der Waals surface area contributed by atoms with Crippen LogP contribution >= 0.6 is 15.9 Å². The number of carbonyl (C=O) groups excluding carboxylic acids is 1. The Morgan fingerprint density at radius 2 is 2.19 bits per heavy atom. The summed E-state index contributed by atoms with van der Waals surface area (Å²) >= 11 is 3.52. The first kappa shape index (κ1) is 11.5. The average molecular weight is 285 g/mol. The molecule has 86 valence electrons. The molecule has 0 aromatic heterocycles. The fraction of sp³-hybridized carbons (Fsp3) is 0.417. The number of aldehydes is 1. The van der Waals surface area contributed by atoms with Gasteiger partial charge in [-0.25, -0.2) is 0 Å². The summed E-state index contributed by atoms with van der Waals surface area (Å²) in [6.45, 7) is 3.18. The molecule has 1 aliphatic rings. The van der Waals surface area contributed by atoms with E-state index in [0.29, 0.717) is 19.6 Å². The SMILES string of the molecule is Cc1c(CCC=O)cc2c(c1Br)OCCO2. The number of hydrogen-bond donors (Lipinski definition) is 0. The van der Waals surface area contributed by atoms with E-state index < -0.39 is 0 Å². The quantitative estimate of drug-likeness (QED) is 0.801. The fourth-order valence-electron chi connectivity index (χ4n) is 1.76. The standard InChI is InChI=1S/C12H13BrO3/c1-8-9(3-2-4-14)7-10-12(11(8)13)16-6-5-15-10/h4,7H,2-3,5-6H2,1H3. The zero-order chi connectivity index (χ0) is 11.5. The highest BCUT2D eigenvalue weighted by Crippen LogP contribution is 2.41. The Kier molecular flexibility index (Phi) is 3.49. The summed E-state index contributed by atoms with van der Waals surface area (Å²) in [4.78, 5) is 10.4. The van der Waals surface area contributed by atoms with Crippen LogP contribution in [-0.2, 0) is 11.2 Å². The molecule has 0 atom stereocenters. The number of aryl methyl sites for hydroxylation is 1. The summed E-state index contributed by atoms with van der Waals surface area (Å²) < 4.78 is 12.0. The van der Waals surface area contributed by atoms with Gasteiger partial charge in [-0.05, 0) is 46.5 Å². The lowest BCUT2D eigenvalue weighted by Gasteiger charge is -2.22. The van der Waals surface area contributed by atoms with Gasteiger partial charge in [-0.2, -0.15) is 0 Å². The van der Waals surface area contributed by atoms with Gasteiger partial charge in [-0.1, -0.05) is 0 Å². The highest BCUT2D eigenvalue weighted by atomic mass is 79.9. The second-order valence-electron chi connectivity index (χ2n) is 3.70. The molecule has 0 saturated heterocycles. The Hall–Kier alpha value is -1.03. The molecule has 0 N–H and O–H groups in total. The Bertz CT molecular complexity index is 415. The lowest BCUT2D eigenvalue weighted by Crippen LogP contribution is -2.16. The van der Waals surface area contributed by atoms with Crippen molar-refractivity contribution in [3.8, 4) is 11.5 Å². The molecule has 3 nitrogen and oxygen atoms in total. The maximum absolute atomic E-state index is 10.4. The topological polar surface area (TPSA) is 35.5 Å². The van der Waals surface area contributed by atoms with Crippen LogP contribution in [0.1, 0.15) is 17.5 Å². The van der Waals surface area contributed by atoms with Gasteiger partial charge in [-0.15, -0.1) is 0 Å². The van der Waals surface area contributed by atoms with Crippen LogP contribution in [0.5, 0.6) is 11.5 Å². The third-order valence-corrected chi connectivity index (χ3v) is 3.61. The average Bonchev–Trinajstić information content (AvgIpc) is 2.32. The third-order valence-electron chi connectivity index (χ3n) is 2.66. The lowest BCUT2D eigenvalue weighted by atomic mass is 10.0. The number of halogens is 1. The Labute approximate surface area is 103 Å². The number of fused-ring (bicyclic) bond motifs is 1. The maximum atomic E-state index is 10.4. The van der Waals surface area contributed by atoms with Crippen LogP contribution in [0.15, 0.2) is 10.5 Å². The van der Waals surface area contributed by atoms with E-state index in [1.165, 1.54) is 0 Å². The van der Waals surface area contributed by atoms with E-state index in [-0.39, 0.29) is 0 Å². The van der Waals surface area contributed by atoms with Gasteiger partial charge < -0.3 is 14.3 Å². The Balaban J connectivity index is 2.39. The minimum absolute atomic E-state index is 0.535. The van der Waals surface area contributed by atoms with Crippen molar-refractivity contribution in [1.82, 2.24) is 0 Å². The summed E-state index contributed by atoms with van der Waals surface area (Å²) in [5, 5.41) is 0. The smallest absolute Gasteiger partial charge is 0.175 e. The van der Waals surface area contributed by atoms with Crippen molar-refractivity contribution in [3.05, 3.63) is 21.7 Å². The van der Waals surface area contributed by atoms with E-state index in [9.17, 15) is 4.79 Å². The number of ether oxygens (including phenoxy) is 2.